The monoisotopic (exact) mass is 926 g/mol. The highest BCUT2D eigenvalue weighted by Gasteiger charge is 2.76. The van der Waals surface area contributed by atoms with E-state index in [1.807, 2.05) is 90.8 Å². The SMILES string of the molecule is CN(CC#Cc1ccc2c(c1)[C@]1(C(=O)N2C(=O)OCc2ccc([N+](=O)[O-])cc2)[C@H](C(=O)O)[C@H]2C(=O)O[C@H](c3ccccc3)[C@H](c3ccccc3)N2[C@@H]1c1ccccc1OCCO)Cc1ccccc1. The molecule has 6 atom stereocenters. The van der Waals surface area contributed by atoms with E-state index in [1.165, 1.54) is 30.3 Å². The number of esters is 1. The Morgan fingerprint density at radius 3 is 2.14 bits per heavy atom. The number of hydrogen-bond donors (Lipinski definition) is 2. The molecule has 3 aliphatic rings. The molecule has 3 heterocycles. The van der Waals surface area contributed by atoms with Gasteiger partial charge in [-0.1, -0.05) is 121 Å². The third-order valence-corrected chi connectivity index (χ3v) is 12.9. The smallest absolute Gasteiger partial charge is 0.421 e. The van der Waals surface area contributed by atoms with Gasteiger partial charge in [0.1, 0.15) is 42.4 Å². The molecule has 0 unspecified atom stereocenters. The van der Waals surface area contributed by atoms with Crippen molar-refractivity contribution < 1.29 is 48.5 Å². The summed E-state index contributed by atoms with van der Waals surface area (Å²) in [7, 11) is 1.93. The van der Waals surface area contributed by atoms with E-state index in [0.29, 0.717) is 40.9 Å². The van der Waals surface area contributed by atoms with E-state index >= 15 is 9.59 Å². The summed E-state index contributed by atoms with van der Waals surface area (Å²) in [5.74, 6) is 1.31. The molecular formula is C54H46N4O11. The number of benzene rings is 6. The van der Waals surface area contributed by atoms with Gasteiger partial charge in [-0.05, 0) is 71.3 Å². The second-order valence-corrected chi connectivity index (χ2v) is 17.0. The molecular weight excluding hydrogens is 881 g/mol. The fourth-order valence-corrected chi connectivity index (χ4v) is 10.1. The van der Waals surface area contributed by atoms with Gasteiger partial charge in [0, 0.05) is 29.8 Å². The number of nitro groups is 1. The molecule has 3 aliphatic heterocycles. The minimum atomic E-state index is -2.30. The predicted octanol–water partition coefficient (Wildman–Crippen LogP) is 7.54. The Labute approximate surface area is 397 Å². The minimum Gasteiger partial charge on any atom is -0.491 e. The van der Waals surface area contributed by atoms with Crippen LogP contribution in [0, 0.1) is 27.9 Å². The van der Waals surface area contributed by atoms with Gasteiger partial charge in [-0.2, -0.15) is 0 Å². The lowest BCUT2D eigenvalue weighted by atomic mass is 9.65. The summed E-state index contributed by atoms with van der Waals surface area (Å²) < 4.78 is 18.3. The van der Waals surface area contributed by atoms with Crippen molar-refractivity contribution in [2.75, 3.05) is 31.7 Å². The summed E-state index contributed by atoms with van der Waals surface area (Å²) in [6, 6.07) is 41.0. The van der Waals surface area contributed by atoms with E-state index in [2.05, 4.69) is 11.8 Å². The molecule has 69 heavy (non-hydrogen) atoms. The van der Waals surface area contributed by atoms with E-state index in [9.17, 15) is 29.9 Å². The van der Waals surface area contributed by atoms with Crippen LogP contribution in [0.5, 0.6) is 5.75 Å². The van der Waals surface area contributed by atoms with Crippen LogP contribution in [0.1, 0.15) is 57.1 Å². The zero-order valence-corrected chi connectivity index (χ0v) is 37.3. The number of aliphatic hydroxyl groups is 1. The number of carboxylic acid groups (broad SMARTS) is 1. The van der Waals surface area contributed by atoms with Crippen LogP contribution in [0.25, 0.3) is 0 Å². The first-order chi connectivity index (χ1) is 33.5. The molecule has 2 amide bonds. The van der Waals surface area contributed by atoms with Gasteiger partial charge in [-0.3, -0.25) is 34.3 Å². The van der Waals surface area contributed by atoms with Gasteiger partial charge in [0.05, 0.1) is 35.8 Å². The average Bonchev–Trinajstić information content (AvgIpc) is 3.82. The van der Waals surface area contributed by atoms with Crippen molar-refractivity contribution in [1.29, 1.82) is 0 Å². The largest absolute Gasteiger partial charge is 0.491 e. The molecule has 1 spiro atoms. The molecule has 15 heteroatoms. The second kappa shape index (κ2) is 19.6. The molecule has 0 aliphatic carbocycles. The summed E-state index contributed by atoms with van der Waals surface area (Å²) in [6.07, 6.45) is -2.17. The highest BCUT2D eigenvalue weighted by atomic mass is 16.6. The number of carboxylic acids is 1. The van der Waals surface area contributed by atoms with E-state index in [4.69, 9.17) is 14.2 Å². The molecule has 0 bridgehead atoms. The number of hydrogen-bond acceptors (Lipinski definition) is 12. The number of non-ortho nitro benzene ring substituents is 1. The molecule has 2 N–H and O–H groups in total. The fourth-order valence-electron chi connectivity index (χ4n) is 10.1. The predicted molar refractivity (Wildman–Crippen MR) is 252 cm³/mol. The van der Waals surface area contributed by atoms with Crippen molar-refractivity contribution >= 4 is 35.3 Å². The zero-order chi connectivity index (χ0) is 48.2. The highest BCUT2D eigenvalue weighted by Crippen LogP contribution is 2.66. The lowest BCUT2D eigenvalue weighted by Gasteiger charge is -2.46. The molecule has 2 fully saturated rings. The molecule has 15 nitrogen and oxygen atoms in total. The number of morpholine rings is 1. The van der Waals surface area contributed by atoms with Gasteiger partial charge in [0.2, 0.25) is 5.91 Å². The standard InChI is InChI=1S/C54H46N4O11/c1-55(33-36-14-5-2-6-15-36)29-13-16-35-25-28-43-42(32-35)54(52(63)56(43)53(64)68-34-37-23-26-40(27-24-37)58(65)66)45(50(60)61)47-51(62)69-48(39-19-9-4-10-20-39)46(38-17-7-3-8-18-38)57(47)49(54)41-21-11-12-22-44(41)67-31-30-59/h2-12,14-15,17-28,32,45-49,59H,29-31,33-34H2,1H3,(H,60,61)/t45-,46-,47-,48+,49+,54-/m0/s1. The van der Waals surface area contributed by atoms with Crippen molar-refractivity contribution in [3.8, 4) is 17.6 Å². The maximum absolute atomic E-state index is 16.2. The van der Waals surface area contributed by atoms with Crippen molar-refractivity contribution in [1.82, 2.24) is 9.80 Å². The quantitative estimate of drug-likeness (QED) is 0.0501. The minimum absolute atomic E-state index is 0.00883. The number of amides is 2. The summed E-state index contributed by atoms with van der Waals surface area (Å²) >= 11 is 0. The van der Waals surface area contributed by atoms with Gasteiger partial charge in [0.25, 0.3) is 5.69 Å². The number of rotatable bonds is 13. The molecule has 2 saturated heterocycles. The molecule has 0 aromatic heterocycles. The number of nitro benzene ring substituents is 1. The van der Waals surface area contributed by atoms with Gasteiger partial charge < -0.3 is 24.4 Å². The molecule has 348 valence electrons. The van der Waals surface area contributed by atoms with Gasteiger partial charge >= 0.3 is 18.0 Å². The molecule has 0 radical (unpaired) electrons. The number of carbonyl (C=O) groups is 4. The Bertz CT molecular complexity index is 2960. The van der Waals surface area contributed by atoms with Crippen molar-refractivity contribution in [2.45, 2.75) is 42.8 Å². The van der Waals surface area contributed by atoms with Crippen LogP contribution < -0.4 is 9.64 Å². The van der Waals surface area contributed by atoms with Crippen molar-refractivity contribution in [2.24, 2.45) is 5.92 Å². The van der Waals surface area contributed by atoms with Crippen LogP contribution in [0.2, 0.25) is 0 Å². The van der Waals surface area contributed by atoms with E-state index in [1.54, 1.807) is 53.4 Å². The number of carbonyl (C=O) groups excluding carboxylic acids is 3. The number of nitrogens with zero attached hydrogens (tertiary/aromatic N) is 4. The lowest BCUT2D eigenvalue weighted by Crippen LogP contribution is -2.53. The number of aliphatic hydroxyl groups excluding tert-OH is 1. The zero-order valence-electron chi connectivity index (χ0n) is 37.3. The number of fused-ring (bicyclic) bond motifs is 3. The topological polar surface area (TPSA) is 189 Å². The van der Waals surface area contributed by atoms with Crippen LogP contribution in [-0.2, 0) is 42.4 Å². The lowest BCUT2D eigenvalue weighted by molar-refractivity contribution is -0.384. The Morgan fingerprint density at radius 1 is 0.826 bits per heavy atom. The normalized spacial score (nSPS) is 21.5. The number of para-hydroxylation sites is 1. The number of anilines is 1. The summed E-state index contributed by atoms with van der Waals surface area (Å²) in [4.78, 5) is 75.7. The van der Waals surface area contributed by atoms with Crippen LogP contribution in [-0.4, -0.2) is 81.7 Å². The van der Waals surface area contributed by atoms with Gasteiger partial charge in [-0.25, -0.2) is 9.69 Å². The van der Waals surface area contributed by atoms with E-state index < -0.39 is 71.0 Å². The summed E-state index contributed by atoms with van der Waals surface area (Å²) in [6.45, 7) is 0.0240. The first kappa shape index (κ1) is 46.0. The first-order valence-electron chi connectivity index (χ1n) is 22.3. The molecule has 6 aromatic rings. The average molecular weight is 927 g/mol. The second-order valence-electron chi connectivity index (χ2n) is 17.0. The maximum Gasteiger partial charge on any atom is 0.421 e. The Balaban J connectivity index is 1.26. The number of cyclic esters (lactones) is 1. The summed E-state index contributed by atoms with van der Waals surface area (Å²) in [5, 5.41) is 33.1. The van der Waals surface area contributed by atoms with Gasteiger partial charge in [0.15, 0.2) is 0 Å². The van der Waals surface area contributed by atoms with Crippen LogP contribution in [0.4, 0.5) is 16.2 Å². The van der Waals surface area contributed by atoms with Gasteiger partial charge in [-0.15, -0.1) is 0 Å². The number of ether oxygens (including phenoxy) is 3. The van der Waals surface area contributed by atoms with Crippen molar-refractivity contribution in [3.63, 3.8) is 0 Å². The van der Waals surface area contributed by atoms with E-state index in [0.717, 1.165) is 10.5 Å². The molecule has 0 saturated carbocycles. The number of aliphatic carboxylic acids is 1. The summed E-state index contributed by atoms with van der Waals surface area (Å²) in [5.41, 5.74) is 1.08. The highest BCUT2D eigenvalue weighted by molar-refractivity contribution is 6.23. The maximum atomic E-state index is 16.2. The third-order valence-electron chi connectivity index (χ3n) is 12.9. The Kier molecular flexibility index (Phi) is 13.1. The number of imide groups is 1. The van der Waals surface area contributed by atoms with E-state index in [-0.39, 0.29) is 35.9 Å². The van der Waals surface area contributed by atoms with Crippen molar-refractivity contribution in [3.05, 3.63) is 207 Å². The van der Waals surface area contributed by atoms with Crippen LogP contribution in [0.15, 0.2) is 158 Å². The first-order valence-corrected chi connectivity index (χ1v) is 22.3. The Hall–Kier alpha value is -8.16. The third kappa shape index (κ3) is 8.57. The molecule has 9 rings (SSSR count). The Morgan fingerprint density at radius 2 is 1.48 bits per heavy atom. The van der Waals surface area contributed by atoms with Crippen LogP contribution >= 0.6 is 0 Å². The van der Waals surface area contributed by atoms with Crippen LogP contribution in [0.3, 0.4) is 0 Å². The fraction of sp³-hybridized carbons (Fsp3) is 0.222. The molecule has 6 aromatic carbocycles.